The summed E-state index contributed by atoms with van der Waals surface area (Å²) in [5, 5.41) is 0. The topological polar surface area (TPSA) is 15.7 Å². The van der Waals surface area contributed by atoms with Gasteiger partial charge in [0.25, 0.3) is 0 Å². The van der Waals surface area contributed by atoms with Gasteiger partial charge in [-0.1, -0.05) is 127 Å². The number of benzene rings is 7. The van der Waals surface area contributed by atoms with Crippen LogP contribution in [0, 0.1) is 5.92 Å². The van der Waals surface area contributed by atoms with Crippen LogP contribution < -0.4 is 14.5 Å². The lowest BCUT2D eigenvalue weighted by Crippen LogP contribution is -2.40. The van der Waals surface area contributed by atoms with E-state index in [0.717, 1.165) is 28.6 Å². The molecule has 4 aliphatic rings. The second-order valence-corrected chi connectivity index (χ2v) is 14.1. The Balaban J connectivity index is 1.13. The highest BCUT2D eigenvalue weighted by molar-refractivity contribution is 5.91. The van der Waals surface area contributed by atoms with E-state index in [0.29, 0.717) is 0 Å². The molecule has 2 aliphatic heterocycles. The molecular formula is C49H34N2O. The van der Waals surface area contributed by atoms with Crippen LogP contribution in [-0.4, -0.2) is 0 Å². The molecule has 3 heteroatoms. The van der Waals surface area contributed by atoms with Gasteiger partial charge in [-0.15, -0.1) is 0 Å². The maximum absolute atomic E-state index is 6.34. The number of ether oxygens (including phenoxy) is 1. The quantitative estimate of drug-likeness (QED) is 0.187. The highest BCUT2D eigenvalue weighted by Gasteiger charge is 2.57. The maximum Gasteiger partial charge on any atom is 0.151 e. The fourth-order valence-corrected chi connectivity index (χ4v) is 9.46. The zero-order chi connectivity index (χ0) is 34.2. The molecule has 52 heavy (non-hydrogen) atoms. The fraction of sp³-hybridized carbons (Fsp3) is 0.0612. The first kappa shape index (κ1) is 29.2. The number of para-hydroxylation sites is 7. The average molecular weight is 667 g/mol. The van der Waals surface area contributed by atoms with Crippen molar-refractivity contribution in [2.24, 2.45) is 5.92 Å². The summed E-state index contributed by atoms with van der Waals surface area (Å²) in [6.07, 6.45) is 9.37. The molecule has 2 aliphatic carbocycles. The third-order valence-electron chi connectivity index (χ3n) is 11.5. The summed E-state index contributed by atoms with van der Waals surface area (Å²) in [6, 6.07) is 61.8. The Morgan fingerprint density at radius 3 is 1.69 bits per heavy atom. The van der Waals surface area contributed by atoms with E-state index in [-0.39, 0.29) is 17.3 Å². The number of nitrogens with zero attached hydrogens (tertiary/aromatic N) is 2. The molecule has 0 saturated heterocycles. The van der Waals surface area contributed by atoms with Gasteiger partial charge in [-0.05, 0) is 100 Å². The number of hydrogen-bond donors (Lipinski definition) is 0. The van der Waals surface area contributed by atoms with Gasteiger partial charge < -0.3 is 14.5 Å². The molecule has 2 heterocycles. The summed E-state index contributed by atoms with van der Waals surface area (Å²) >= 11 is 0. The van der Waals surface area contributed by atoms with Crippen molar-refractivity contribution in [1.29, 1.82) is 0 Å². The molecule has 0 aromatic heterocycles. The van der Waals surface area contributed by atoms with Crippen molar-refractivity contribution in [2.45, 2.75) is 11.3 Å². The Labute approximate surface area is 304 Å². The molecule has 2 unspecified atom stereocenters. The van der Waals surface area contributed by atoms with Crippen LogP contribution in [0.4, 0.5) is 34.1 Å². The first-order valence-corrected chi connectivity index (χ1v) is 18.1. The van der Waals surface area contributed by atoms with Crippen molar-refractivity contribution in [3.63, 3.8) is 0 Å². The zero-order valence-electron chi connectivity index (χ0n) is 28.4. The van der Waals surface area contributed by atoms with E-state index in [1.807, 2.05) is 24.3 Å². The van der Waals surface area contributed by atoms with Gasteiger partial charge in [0, 0.05) is 23.2 Å². The predicted octanol–water partition coefficient (Wildman–Crippen LogP) is 12.9. The van der Waals surface area contributed by atoms with Gasteiger partial charge in [0.05, 0.1) is 28.2 Å². The van der Waals surface area contributed by atoms with E-state index in [2.05, 4.69) is 180 Å². The maximum atomic E-state index is 6.34. The van der Waals surface area contributed by atoms with Crippen molar-refractivity contribution in [3.05, 3.63) is 216 Å². The summed E-state index contributed by atoms with van der Waals surface area (Å²) < 4.78 is 6.34. The monoisotopic (exact) mass is 666 g/mol. The molecule has 0 amide bonds. The molecule has 1 spiro atoms. The standard InChI is InChI=1S/C49H34N2O/c1-2-16-35(17-3-1)50-43-23-8-6-21-40(43)49(41-22-7-9-24-44(41)50)39-20-5-4-19-37(39)38-30-29-34(32-42(38)49)33-15-14-18-36(31-33)51-45-25-10-12-27-47(45)52-48-28-13-11-26-46(48)51/h1-32,37,39H. The van der Waals surface area contributed by atoms with E-state index in [4.69, 9.17) is 4.74 Å². The molecule has 7 aromatic rings. The number of allylic oxidation sites excluding steroid dienone is 4. The normalized spacial score (nSPS) is 18.1. The van der Waals surface area contributed by atoms with Gasteiger partial charge in [-0.3, -0.25) is 0 Å². The molecule has 0 radical (unpaired) electrons. The van der Waals surface area contributed by atoms with Crippen molar-refractivity contribution in [2.75, 3.05) is 9.80 Å². The van der Waals surface area contributed by atoms with Gasteiger partial charge in [-0.2, -0.15) is 0 Å². The Morgan fingerprint density at radius 1 is 0.423 bits per heavy atom. The molecule has 0 N–H and O–H groups in total. The average Bonchev–Trinajstić information content (AvgIpc) is 3.50. The molecular weight excluding hydrogens is 633 g/mol. The lowest BCUT2D eigenvalue weighted by molar-refractivity contribution is 0.454. The van der Waals surface area contributed by atoms with E-state index >= 15 is 0 Å². The van der Waals surface area contributed by atoms with Crippen LogP contribution in [-0.2, 0) is 5.41 Å². The lowest BCUT2D eigenvalue weighted by atomic mass is 9.60. The van der Waals surface area contributed by atoms with Gasteiger partial charge in [0.15, 0.2) is 11.5 Å². The third kappa shape index (κ3) is 4.02. The SMILES string of the molecule is C1=CC2c3ccc(-c4cccc(N5c6ccccc6Oc6ccccc65)c4)cc3C3(c4ccccc4N(c4ccccc4)c4ccccc43)C2C=C1. The Bertz CT molecular complexity index is 2510. The van der Waals surface area contributed by atoms with Gasteiger partial charge in [0.1, 0.15) is 0 Å². The number of rotatable bonds is 3. The van der Waals surface area contributed by atoms with Crippen LogP contribution in [0.15, 0.2) is 194 Å². The minimum atomic E-state index is -0.380. The molecule has 0 saturated carbocycles. The van der Waals surface area contributed by atoms with E-state index in [9.17, 15) is 0 Å². The van der Waals surface area contributed by atoms with Crippen LogP contribution in [0.5, 0.6) is 11.5 Å². The molecule has 2 atom stereocenters. The lowest BCUT2D eigenvalue weighted by Gasteiger charge is -2.47. The van der Waals surface area contributed by atoms with Crippen LogP contribution in [0.25, 0.3) is 11.1 Å². The van der Waals surface area contributed by atoms with Crippen molar-refractivity contribution >= 4 is 34.1 Å². The fourth-order valence-electron chi connectivity index (χ4n) is 9.46. The van der Waals surface area contributed by atoms with Crippen LogP contribution in [0.3, 0.4) is 0 Å². The van der Waals surface area contributed by atoms with Gasteiger partial charge >= 0.3 is 0 Å². The van der Waals surface area contributed by atoms with Crippen LogP contribution in [0.2, 0.25) is 0 Å². The highest BCUT2D eigenvalue weighted by Crippen LogP contribution is 2.66. The first-order valence-electron chi connectivity index (χ1n) is 18.1. The predicted molar refractivity (Wildman–Crippen MR) is 212 cm³/mol. The second kappa shape index (κ2) is 11.2. The first-order chi connectivity index (χ1) is 25.8. The summed E-state index contributed by atoms with van der Waals surface area (Å²) in [5.41, 5.74) is 14.3. The third-order valence-corrected chi connectivity index (χ3v) is 11.5. The van der Waals surface area contributed by atoms with Gasteiger partial charge in [0.2, 0.25) is 0 Å². The minimum absolute atomic E-state index is 0.232. The smallest absolute Gasteiger partial charge is 0.151 e. The summed E-state index contributed by atoms with van der Waals surface area (Å²) in [5.74, 6) is 2.21. The van der Waals surface area contributed by atoms with E-state index in [1.54, 1.807) is 0 Å². The molecule has 3 nitrogen and oxygen atoms in total. The Morgan fingerprint density at radius 2 is 0.981 bits per heavy atom. The Kier molecular flexibility index (Phi) is 6.29. The van der Waals surface area contributed by atoms with Crippen molar-refractivity contribution in [1.82, 2.24) is 0 Å². The molecule has 7 aromatic carbocycles. The van der Waals surface area contributed by atoms with Crippen LogP contribution >= 0.6 is 0 Å². The number of fused-ring (bicyclic) bond motifs is 11. The largest absolute Gasteiger partial charge is 0.453 e. The van der Waals surface area contributed by atoms with Crippen LogP contribution in [0.1, 0.15) is 28.2 Å². The molecule has 0 bridgehead atoms. The summed E-state index contributed by atoms with van der Waals surface area (Å²) in [6.45, 7) is 0. The van der Waals surface area contributed by atoms with Crippen molar-refractivity contribution < 1.29 is 4.74 Å². The second-order valence-electron chi connectivity index (χ2n) is 14.1. The number of hydrogen-bond acceptors (Lipinski definition) is 3. The van der Waals surface area contributed by atoms with Gasteiger partial charge in [-0.25, -0.2) is 0 Å². The zero-order valence-corrected chi connectivity index (χ0v) is 28.4. The van der Waals surface area contributed by atoms with E-state index in [1.165, 1.54) is 50.4 Å². The molecule has 0 fully saturated rings. The summed E-state index contributed by atoms with van der Waals surface area (Å²) in [4.78, 5) is 4.78. The van der Waals surface area contributed by atoms with E-state index < -0.39 is 0 Å². The van der Waals surface area contributed by atoms with Crippen molar-refractivity contribution in [3.8, 4) is 22.6 Å². The molecule has 246 valence electrons. The molecule has 11 rings (SSSR count). The minimum Gasteiger partial charge on any atom is -0.453 e. The Hall–Kier alpha value is -6.58. The number of anilines is 6. The highest BCUT2D eigenvalue weighted by atomic mass is 16.5. The summed E-state index contributed by atoms with van der Waals surface area (Å²) in [7, 11) is 0.